The largest absolute Gasteiger partial charge is 0.352 e. The van der Waals surface area contributed by atoms with Crippen molar-refractivity contribution in [2.24, 2.45) is 0 Å². The van der Waals surface area contributed by atoms with Crippen molar-refractivity contribution in [1.82, 2.24) is 20.2 Å². The van der Waals surface area contributed by atoms with Gasteiger partial charge >= 0.3 is 0 Å². The predicted octanol–water partition coefficient (Wildman–Crippen LogP) is 2.97. The number of hydrogen-bond acceptors (Lipinski definition) is 5. The molecule has 3 aromatic rings. The minimum Gasteiger partial charge on any atom is -0.352 e. The number of anilines is 1. The van der Waals surface area contributed by atoms with Crippen molar-refractivity contribution in [3.63, 3.8) is 0 Å². The fourth-order valence-electron chi connectivity index (χ4n) is 4.28. The van der Waals surface area contributed by atoms with E-state index in [0.29, 0.717) is 36.6 Å². The molecule has 1 aromatic heterocycles. The van der Waals surface area contributed by atoms with E-state index in [1.54, 1.807) is 24.3 Å². The van der Waals surface area contributed by atoms with E-state index < -0.39 is 18.1 Å². The monoisotopic (exact) mass is 435 g/mol. The number of piperidine rings is 1. The summed E-state index contributed by atoms with van der Waals surface area (Å²) in [6.07, 6.45) is -0.476. The van der Waals surface area contributed by atoms with Crippen LogP contribution in [0.3, 0.4) is 0 Å². The van der Waals surface area contributed by atoms with Crippen LogP contribution in [-0.2, 0) is 22.7 Å². The van der Waals surface area contributed by atoms with Gasteiger partial charge in [0.25, 0.3) is 5.91 Å². The molecule has 5 rings (SSSR count). The van der Waals surface area contributed by atoms with Gasteiger partial charge in [0.15, 0.2) is 0 Å². The summed E-state index contributed by atoms with van der Waals surface area (Å²) >= 11 is 0. The zero-order valence-electron chi connectivity index (χ0n) is 17.4. The molecule has 2 aliphatic heterocycles. The second-order valence-electron chi connectivity index (χ2n) is 8.22. The number of alkyl halides is 1. The summed E-state index contributed by atoms with van der Waals surface area (Å²) in [5, 5.41) is 5.54. The van der Waals surface area contributed by atoms with Gasteiger partial charge in [-0.15, -0.1) is 0 Å². The number of aromatic amines is 1. The van der Waals surface area contributed by atoms with Crippen molar-refractivity contribution in [2.75, 3.05) is 5.32 Å². The molecule has 3 amide bonds. The SMILES string of the molecule is CC(F)c1ccc2nc(NCc3ccc4c(c3)CN(C3CCC(=O)NC3=O)C4=O)[nH]c2c1. The molecule has 3 heterocycles. The first-order chi connectivity index (χ1) is 15.4. The minimum atomic E-state index is -1.05. The van der Waals surface area contributed by atoms with Gasteiger partial charge in [-0.25, -0.2) is 9.37 Å². The maximum atomic E-state index is 13.5. The van der Waals surface area contributed by atoms with Gasteiger partial charge < -0.3 is 15.2 Å². The number of aromatic nitrogens is 2. The van der Waals surface area contributed by atoms with Crippen LogP contribution in [-0.4, -0.2) is 38.6 Å². The summed E-state index contributed by atoms with van der Waals surface area (Å²) in [6.45, 7) is 2.31. The van der Waals surface area contributed by atoms with Crippen LogP contribution in [0.4, 0.5) is 10.3 Å². The molecule has 1 fully saturated rings. The lowest BCUT2D eigenvalue weighted by Crippen LogP contribution is -2.52. The maximum absolute atomic E-state index is 13.5. The standard InChI is InChI=1S/C23H22FN5O3/c1-12(24)14-3-5-17-18(9-14)27-23(26-17)25-10-13-2-4-16-15(8-13)11-29(22(16)32)19-6-7-20(30)28-21(19)31/h2-5,8-9,12,19H,6-7,10-11H2,1H3,(H2,25,26,27)(H,28,30,31). The molecule has 2 atom stereocenters. The summed E-state index contributed by atoms with van der Waals surface area (Å²) in [6, 6.07) is 10.2. The number of halogens is 1. The quantitative estimate of drug-likeness (QED) is 0.534. The van der Waals surface area contributed by atoms with Gasteiger partial charge in [0, 0.05) is 25.1 Å². The van der Waals surface area contributed by atoms with Crippen LogP contribution >= 0.6 is 0 Å². The Bertz CT molecular complexity index is 1250. The van der Waals surface area contributed by atoms with E-state index in [9.17, 15) is 18.8 Å². The number of benzene rings is 2. The third-order valence-corrected chi connectivity index (χ3v) is 6.01. The number of rotatable bonds is 5. The number of nitrogens with zero attached hydrogens (tertiary/aromatic N) is 2. The molecule has 2 unspecified atom stereocenters. The molecular weight excluding hydrogens is 413 g/mol. The van der Waals surface area contributed by atoms with Crippen molar-refractivity contribution in [3.8, 4) is 0 Å². The summed E-state index contributed by atoms with van der Waals surface area (Å²) < 4.78 is 13.5. The van der Waals surface area contributed by atoms with Crippen molar-refractivity contribution in [1.29, 1.82) is 0 Å². The number of imide groups is 1. The minimum absolute atomic E-state index is 0.191. The van der Waals surface area contributed by atoms with E-state index in [2.05, 4.69) is 20.6 Å². The second kappa shape index (κ2) is 7.74. The summed E-state index contributed by atoms with van der Waals surface area (Å²) in [5.41, 5.74) is 4.49. The lowest BCUT2D eigenvalue weighted by Gasteiger charge is -2.29. The molecule has 2 aliphatic rings. The van der Waals surface area contributed by atoms with E-state index in [-0.39, 0.29) is 18.2 Å². The van der Waals surface area contributed by atoms with E-state index in [1.807, 2.05) is 12.1 Å². The summed E-state index contributed by atoms with van der Waals surface area (Å²) in [4.78, 5) is 45.5. The third kappa shape index (κ3) is 3.59. The highest BCUT2D eigenvalue weighted by molar-refractivity contribution is 6.05. The molecule has 3 N–H and O–H groups in total. The van der Waals surface area contributed by atoms with Gasteiger partial charge in [0.1, 0.15) is 12.2 Å². The lowest BCUT2D eigenvalue weighted by atomic mass is 10.0. The van der Waals surface area contributed by atoms with Gasteiger partial charge in [-0.3, -0.25) is 19.7 Å². The number of amides is 3. The average Bonchev–Trinajstić information content (AvgIpc) is 3.32. The van der Waals surface area contributed by atoms with Crippen LogP contribution in [0.15, 0.2) is 36.4 Å². The number of nitrogens with one attached hydrogen (secondary N) is 3. The first-order valence-corrected chi connectivity index (χ1v) is 10.5. The molecule has 2 aromatic carbocycles. The topological polar surface area (TPSA) is 107 Å². The van der Waals surface area contributed by atoms with E-state index in [4.69, 9.17) is 0 Å². The Morgan fingerprint density at radius 2 is 2.06 bits per heavy atom. The molecule has 1 saturated heterocycles. The number of hydrogen-bond donors (Lipinski definition) is 3. The van der Waals surface area contributed by atoms with Gasteiger partial charge in [-0.05, 0) is 48.2 Å². The fourth-order valence-corrected chi connectivity index (χ4v) is 4.28. The number of carbonyl (C=O) groups excluding carboxylic acids is 3. The van der Waals surface area contributed by atoms with Crippen LogP contribution < -0.4 is 10.6 Å². The van der Waals surface area contributed by atoms with E-state index >= 15 is 0 Å². The zero-order valence-corrected chi connectivity index (χ0v) is 17.4. The highest BCUT2D eigenvalue weighted by Crippen LogP contribution is 2.28. The third-order valence-electron chi connectivity index (χ3n) is 6.01. The molecule has 164 valence electrons. The Morgan fingerprint density at radius 3 is 2.84 bits per heavy atom. The van der Waals surface area contributed by atoms with E-state index in [0.717, 1.165) is 22.2 Å². The van der Waals surface area contributed by atoms with Crippen LogP contribution in [0.2, 0.25) is 0 Å². The van der Waals surface area contributed by atoms with Crippen LogP contribution in [0, 0.1) is 0 Å². The Hall–Kier alpha value is -3.75. The van der Waals surface area contributed by atoms with E-state index in [1.165, 1.54) is 11.8 Å². The molecule has 0 bridgehead atoms. The van der Waals surface area contributed by atoms with Gasteiger partial charge in [-0.2, -0.15) is 0 Å². The second-order valence-corrected chi connectivity index (χ2v) is 8.22. The van der Waals surface area contributed by atoms with Crippen LogP contribution in [0.5, 0.6) is 0 Å². The Morgan fingerprint density at radius 1 is 1.22 bits per heavy atom. The normalized spacial score (nSPS) is 19.2. The van der Waals surface area contributed by atoms with Crippen molar-refractivity contribution in [2.45, 2.75) is 45.1 Å². The van der Waals surface area contributed by atoms with Crippen molar-refractivity contribution in [3.05, 3.63) is 58.7 Å². The van der Waals surface area contributed by atoms with Gasteiger partial charge in [0.05, 0.1) is 11.0 Å². The Kier molecular flexibility index (Phi) is 4.88. The summed E-state index contributed by atoms with van der Waals surface area (Å²) in [5.74, 6) is -0.334. The molecule has 0 saturated carbocycles. The van der Waals surface area contributed by atoms with Crippen LogP contribution in [0.25, 0.3) is 11.0 Å². The number of fused-ring (bicyclic) bond motifs is 2. The molecule has 32 heavy (non-hydrogen) atoms. The highest BCUT2D eigenvalue weighted by Gasteiger charge is 2.39. The number of H-pyrrole nitrogens is 1. The maximum Gasteiger partial charge on any atom is 0.255 e. The predicted molar refractivity (Wildman–Crippen MR) is 115 cm³/mol. The van der Waals surface area contributed by atoms with Crippen molar-refractivity contribution < 1.29 is 18.8 Å². The van der Waals surface area contributed by atoms with Gasteiger partial charge in [0.2, 0.25) is 17.8 Å². The first-order valence-electron chi connectivity index (χ1n) is 10.5. The smallest absolute Gasteiger partial charge is 0.255 e. The molecule has 0 radical (unpaired) electrons. The Labute approximate surface area is 183 Å². The molecule has 0 spiro atoms. The number of imidazole rings is 1. The lowest BCUT2D eigenvalue weighted by molar-refractivity contribution is -0.136. The molecule has 8 nitrogen and oxygen atoms in total. The van der Waals surface area contributed by atoms with Crippen molar-refractivity contribution >= 4 is 34.7 Å². The number of carbonyl (C=O) groups is 3. The summed E-state index contributed by atoms with van der Waals surface area (Å²) in [7, 11) is 0. The highest BCUT2D eigenvalue weighted by atomic mass is 19.1. The fraction of sp³-hybridized carbons (Fsp3) is 0.304. The van der Waals surface area contributed by atoms with Crippen LogP contribution in [0.1, 0.15) is 53.0 Å². The molecular formula is C23H22FN5O3. The first kappa shape index (κ1) is 20.2. The Balaban J connectivity index is 1.29. The molecule has 9 heteroatoms. The molecule has 0 aliphatic carbocycles. The zero-order chi connectivity index (χ0) is 22.4. The average molecular weight is 435 g/mol. The van der Waals surface area contributed by atoms with Gasteiger partial charge in [-0.1, -0.05) is 18.2 Å².